The van der Waals surface area contributed by atoms with Crippen LogP contribution in [0, 0.1) is 23.3 Å². The smallest absolute Gasteiger partial charge is 0.413 e. The predicted octanol–water partition coefficient (Wildman–Crippen LogP) is 8.97. The average molecular weight is 981 g/mol. The minimum atomic E-state index is -4.84. The van der Waals surface area contributed by atoms with Crippen LogP contribution in [-0.4, -0.2) is 121 Å². The Bertz CT molecular complexity index is 2600. The van der Waals surface area contributed by atoms with Crippen molar-refractivity contribution in [3.8, 4) is 11.5 Å². The summed E-state index contributed by atoms with van der Waals surface area (Å²) in [5.74, 6) is -5.59. The van der Waals surface area contributed by atoms with Gasteiger partial charge in [0, 0.05) is 60.5 Å². The second-order valence-electron chi connectivity index (χ2n) is 16.2. The number of benzene rings is 4. The normalized spacial score (nSPS) is 16.1. The zero-order valence-electron chi connectivity index (χ0n) is 36.6. The summed E-state index contributed by atoms with van der Waals surface area (Å²) in [6.07, 6.45) is -3.33. The highest BCUT2D eigenvalue weighted by Gasteiger charge is 2.39. The van der Waals surface area contributed by atoms with Gasteiger partial charge in [-0.1, -0.05) is 53.5 Å². The largest absolute Gasteiger partial charge is 0.470 e. The molecule has 2 fully saturated rings. The molecular weight excluding hydrogens is 934 g/mol. The molecule has 0 unspecified atom stereocenters. The number of carbonyl (C=O) groups is 3. The zero-order chi connectivity index (χ0) is 48.9. The first-order valence-electron chi connectivity index (χ1n) is 20.7. The Morgan fingerprint density at radius 2 is 1.19 bits per heavy atom. The highest BCUT2D eigenvalue weighted by Crippen LogP contribution is 2.34. The molecule has 2 atom stereocenters. The number of likely N-dealkylation sites (tertiary alicyclic amines) is 2. The lowest BCUT2D eigenvalue weighted by molar-refractivity contribution is -0.156. The average Bonchev–Trinajstić information content (AvgIpc) is 4.10. The summed E-state index contributed by atoms with van der Waals surface area (Å²) in [4.78, 5) is 48.0. The summed E-state index contributed by atoms with van der Waals surface area (Å²) in [5.41, 5.74) is 5.36. The van der Waals surface area contributed by atoms with Crippen LogP contribution in [0.4, 0.5) is 51.7 Å². The number of urea groups is 2. The standard InChI is InChI=1S/C23H21ClF5N5O2.C22H25ClF2N4O2/c1-32(2)15-8-9-33(12-15)22(35)34(18-5-3-4-16(24)19(18)26)11-14-7-6-13(10-17(14)25)20-30-31-21(36-20)23(27,28)29;1-27(2)16-8-9-28(13-16)22(31)29(19-5-3-4-17(23)21(19)25)12-15-7-6-14(10-18(15)24)20(30)11-26/h3-7,10,15H,8-9,11-12H2,1-2H3;3-7,10,16H,8-9,11-13,26H2,1-2H3/t15-;16-/m11/s1. The fourth-order valence-corrected chi connectivity index (χ4v) is 7.84. The van der Waals surface area contributed by atoms with E-state index < -0.39 is 59.1 Å². The van der Waals surface area contributed by atoms with Gasteiger partial charge in [0.15, 0.2) is 17.4 Å². The van der Waals surface area contributed by atoms with Crippen molar-refractivity contribution in [3.05, 3.63) is 129 Å². The van der Waals surface area contributed by atoms with Gasteiger partial charge in [0.25, 0.3) is 0 Å². The van der Waals surface area contributed by atoms with Crippen molar-refractivity contribution in [1.82, 2.24) is 29.8 Å². The first-order valence-corrected chi connectivity index (χ1v) is 21.5. The van der Waals surface area contributed by atoms with Crippen molar-refractivity contribution in [3.63, 3.8) is 0 Å². The summed E-state index contributed by atoms with van der Waals surface area (Å²) in [5, 5.41) is 5.90. The number of hydrogen-bond acceptors (Lipinski definition) is 9. The number of Topliss-reactive ketones (excluding diaryl/α,β-unsaturated/α-hetero) is 1. The third-order valence-electron chi connectivity index (χ3n) is 11.4. The van der Waals surface area contributed by atoms with Crippen LogP contribution >= 0.6 is 23.2 Å². The van der Waals surface area contributed by atoms with Crippen LogP contribution in [0.2, 0.25) is 10.0 Å². The van der Waals surface area contributed by atoms with Gasteiger partial charge in [-0.05, 0) is 83.5 Å². The molecule has 0 bridgehead atoms. The van der Waals surface area contributed by atoms with Gasteiger partial charge in [0.05, 0.1) is 41.1 Å². The van der Waals surface area contributed by atoms with E-state index in [-0.39, 0.29) is 75.4 Å². The van der Waals surface area contributed by atoms with Gasteiger partial charge in [-0.15, -0.1) is 10.2 Å². The molecule has 7 rings (SSSR count). The van der Waals surface area contributed by atoms with E-state index in [0.717, 1.165) is 29.9 Å². The van der Waals surface area contributed by atoms with Crippen molar-refractivity contribution >= 4 is 52.4 Å². The van der Waals surface area contributed by atoms with Gasteiger partial charge >= 0.3 is 24.1 Å². The van der Waals surface area contributed by atoms with Crippen molar-refractivity contribution < 1.29 is 49.5 Å². The molecule has 2 aliphatic rings. The molecule has 2 saturated heterocycles. The highest BCUT2D eigenvalue weighted by atomic mass is 35.5. The molecule has 0 aliphatic carbocycles. The number of nitrogens with zero attached hydrogens (tertiary/aromatic N) is 8. The Labute approximate surface area is 391 Å². The molecule has 4 aromatic carbocycles. The van der Waals surface area contributed by atoms with Crippen LogP contribution in [0.3, 0.4) is 0 Å². The summed E-state index contributed by atoms with van der Waals surface area (Å²) in [7, 11) is 7.66. The van der Waals surface area contributed by atoms with Gasteiger partial charge in [-0.25, -0.2) is 27.2 Å². The lowest BCUT2D eigenvalue weighted by Gasteiger charge is -2.29. The Balaban J connectivity index is 0.000000224. The maximum atomic E-state index is 15.1. The molecule has 1 aromatic heterocycles. The first kappa shape index (κ1) is 50.6. The topological polar surface area (TPSA) is 136 Å². The molecule has 22 heteroatoms. The van der Waals surface area contributed by atoms with Crippen molar-refractivity contribution in [2.45, 2.75) is 44.2 Å². The van der Waals surface area contributed by atoms with E-state index in [1.807, 2.05) is 38.0 Å². The zero-order valence-corrected chi connectivity index (χ0v) is 38.1. The van der Waals surface area contributed by atoms with Gasteiger partial charge in [0.2, 0.25) is 5.89 Å². The fourth-order valence-electron chi connectivity index (χ4n) is 7.50. The predicted molar refractivity (Wildman–Crippen MR) is 238 cm³/mol. The number of amides is 4. The minimum Gasteiger partial charge on any atom is -0.413 e. The summed E-state index contributed by atoms with van der Waals surface area (Å²) < 4.78 is 102. The summed E-state index contributed by atoms with van der Waals surface area (Å²) >= 11 is 11.9. The van der Waals surface area contributed by atoms with Crippen molar-refractivity contribution in [2.24, 2.45) is 5.73 Å². The molecule has 0 saturated carbocycles. The number of halogens is 9. The van der Waals surface area contributed by atoms with Crippen LogP contribution in [0.15, 0.2) is 77.2 Å². The molecule has 2 N–H and O–H groups in total. The molecule has 0 spiro atoms. The van der Waals surface area contributed by atoms with E-state index in [1.165, 1.54) is 65.6 Å². The molecule has 2 aliphatic heterocycles. The third kappa shape index (κ3) is 11.8. The molecule has 358 valence electrons. The second kappa shape index (κ2) is 21.4. The van der Waals surface area contributed by atoms with E-state index in [2.05, 4.69) is 14.6 Å². The number of hydrogen-bond donors (Lipinski definition) is 1. The van der Waals surface area contributed by atoms with Gasteiger partial charge in [-0.2, -0.15) is 13.2 Å². The molecule has 3 heterocycles. The maximum absolute atomic E-state index is 15.1. The van der Waals surface area contributed by atoms with Crippen LogP contribution in [0.1, 0.15) is 40.2 Å². The summed E-state index contributed by atoms with van der Waals surface area (Å²) in [6.45, 7) is 1.01. The molecular formula is C45H46Cl2F7N9O4. The molecule has 0 radical (unpaired) electrons. The van der Waals surface area contributed by atoms with Crippen molar-refractivity contribution in [2.75, 3.05) is 70.7 Å². The lowest BCUT2D eigenvalue weighted by Crippen LogP contribution is -2.43. The van der Waals surface area contributed by atoms with Crippen LogP contribution < -0.4 is 15.5 Å². The molecule has 5 aromatic rings. The van der Waals surface area contributed by atoms with Gasteiger partial charge in [-0.3, -0.25) is 14.6 Å². The number of anilines is 2. The third-order valence-corrected chi connectivity index (χ3v) is 12.0. The Morgan fingerprint density at radius 3 is 1.60 bits per heavy atom. The first-order chi connectivity index (χ1) is 31.7. The monoisotopic (exact) mass is 979 g/mol. The van der Waals surface area contributed by atoms with E-state index in [9.17, 15) is 40.7 Å². The van der Waals surface area contributed by atoms with Crippen LogP contribution in [-0.2, 0) is 19.3 Å². The number of alkyl halides is 3. The number of rotatable bonds is 11. The van der Waals surface area contributed by atoms with E-state index in [0.29, 0.717) is 26.2 Å². The minimum absolute atomic E-state index is 0.00890. The number of carbonyl (C=O) groups excluding carboxylic acids is 3. The Kier molecular flexibility index (Phi) is 16.2. The van der Waals surface area contributed by atoms with E-state index >= 15 is 4.39 Å². The van der Waals surface area contributed by atoms with Crippen molar-refractivity contribution in [1.29, 1.82) is 0 Å². The summed E-state index contributed by atoms with van der Waals surface area (Å²) in [6, 6.07) is 15.2. The number of nitrogens with two attached hydrogens (primary N) is 1. The molecule has 13 nitrogen and oxygen atoms in total. The number of ketones is 1. The van der Waals surface area contributed by atoms with Gasteiger partial charge < -0.3 is 29.8 Å². The SMILES string of the molecule is CN(C)[C@@H]1CCN(C(=O)N(Cc2ccc(-c3nnc(C(F)(F)F)o3)cc2F)c2cccc(Cl)c2F)C1.CN(C)[C@@H]1CCN(C(=O)N(Cc2ccc(C(=O)CN)cc2F)c2cccc(Cl)c2F)C1. The Hall–Kier alpha value is -5.80. The fraction of sp³-hybridized carbons (Fsp3) is 0.356. The Morgan fingerprint density at radius 1 is 0.716 bits per heavy atom. The molecule has 4 amide bonds. The number of likely N-dealkylation sites (N-methyl/N-ethyl adjacent to an activating group) is 2. The van der Waals surface area contributed by atoms with Crippen LogP contribution in [0.25, 0.3) is 11.5 Å². The van der Waals surface area contributed by atoms with Crippen LogP contribution in [0.5, 0.6) is 0 Å². The molecule has 67 heavy (non-hydrogen) atoms. The maximum Gasteiger partial charge on any atom is 0.470 e. The van der Waals surface area contributed by atoms with E-state index in [4.69, 9.17) is 28.9 Å². The number of aromatic nitrogens is 2. The van der Waals surface area contributed by atoms with E-state index in [1.54, 1.807) is 9.80 Å². The lowest BCUT2D eigenvalue weighted by atomic mass is 10.1. The highest BCUT2D eigenvalue weighted by molar-refractivity contribution is 6.31. The van der Waals surface area contributed by atoms with Gasteiger partial charge in [0.1, 0.15) is 11.6 Å². The quantitative estimate of drug-likeness (QED) is 0.102. The second-order valence-corrected chi connectivity index (χ2v) is 17.1.